The van der Waals surface area contributed by atoms with Crippen LogP contribution in [0.1, 0.15) is 77.8 Å². The summed E-state index contributed by atoms with van der Waals surface area (Å²) in [6.45, 7) is 8.86. The molecule has 3 heteroatoms. The molecule has 0 aromatic heterocycles. The molecule has 25 heavy (non-hydrogen) atoms. The molecule has 2 atom stereocenters. The van der Waals surface area contributed by atoms with Gasteiger partial charge in [-0.1, -0.05) is 39.0 Å². The van der Waals surface area contributed by atoms with E-state index in [2.05, 4.69) is 50.4 Å². The number of nitrogens with one attached hydrogen (secondary N) is 1. The molecule has 0 radical (unpaired) electrons. The van der Waals surface area contributed by atoms with E-state index in [4.69, 9.17) is 0 Å². The number of hydrogen-bond donors (Lipinski definition) is 1. The van der Waals surface area contributed by atoms with Crippen LogP contribution in [0.15, 0.2) is 24.3 Å². The van der Waals surface area contributed by atoms with Crippen molar-refractivity contribution < 1.29 is 4.79 Å². The normalized spacial score (nSPS) is 29.6. The summed E-state index contributed by atoms with van der Waals surface area (Å²) in [5, 5.41) is 3.94. The van der Waals surface area contributed by atoms with Crippen LogP contribution in [-0.4, -0.2) is 18.0 Å². The standard InChI is InChI=1S/C22H34N2O/c1-5-22(25)24-16(4)14-20(19-8-6-7-9-21(19)24)23-18-12-10-17(11-13-18)15(2)3/h6-9,15-18,20,23H,5,10-14H2,1-4H3/t16?,17-,18-,20-/m1/s1. The first kappa shape index (κ1) is 18.4. The summed E-state index contributed by atoms with van der Waals surface area (Å²) >= 11 is 0. The van der Waals surface area contributed by atoms with Gasteiger partial charge in [0, 0.05) is 30.2 Å². The number of fused-ring (bicyclic) bond motifs is 1. The molecule has 2 aliphatic rings. The minimum atomic E-state index is 0.232. The lowest BCUT2D eigenvalue weighted by atomic mass is 9.79. The maximum absolute atomic E-state index is 12.4. The maximum Gasteiger partial charge on any atom is 0.226 e. The molecule has 1 amide bonds. The number of rotatable bonds is 4. The Morgan fingerprint density at radius 1 is 1.20 bits per heavy atom. The molecule has 0 spiro atoms. The zero-order valence-corrected chi connectivity index (χ0v) is 16.3. The van der Waals surface area contributed by atoms with E-state index in [9.17, 15) is 4.79 Å². The first-order chi connectivity index (χ1) is 12.0. The predicted octanol–water partition coefficient (Wildman–Crippen LogP) is 5.07. The minimum absolute atomic E-state index is 0.232. The van der Waals surface area contributed by atoms with E-state index in [0.717, 1.165) is 23.9 Å². The molecule has 3 nitrogen and oxygen atoms in total. The van der Waals surface area contributed by atoms with E-state index in [1.165, 1.54) is 31.2 Å². The van der Waals surface area contributed by atoms with Gasteiger partial charge in [-0.25, -0.2) is 0 Å². The highest BCUT2D eigenvalue weighted by Gasteiger charge is 2.34. The Labute approximate surface area is 153 Å². The van der Waals surface area contributed by atoms with Gasteiger partial charge >= 0.3 is 0 Å². The molecule has 1 unspecified atom stereocenters. The molecule has 1 aromatic rings. The Morgan fingerprint density at radius 2 is 1.88 bits per heavy atom. The van der Waals surface area contributed by atoms with Crippen molar-refractivity contribution >= 4 is 11.6 Å². The van der Waals surface area contributed by atoms with Crippen molar-refractivity contribution in [1.82, 2.24) is 5.32 Å². The van der Waals surface area contributed by atoms with Crippen LogP contribution in [0.4, 0.5) is 5.69 Å². The lowest BCUT2D eigenvalue weighted by Crippen LogP contribution is -2.47. The Hall–Kier alpha value is -1.35. The molecule has 0 bridgehead atoms. The summed E-state index contributed by atoms with van der Waals surface area (Å²) in [6.07, 6.45) is 6.84. The molecular formula is C22H34N2O. The highest BCUT2D eigenvalue weighted by atomic mass is 16.2. The van der Waals surface area contributed by atoms with Gasteiger partial charge in [-0.15, -0.1) is 0 Å². The molecule has 0 saturated heterocycles. The molecule has 1 aliphatic heterocycles. The molecule has 1 fully saturated rings. The molecule has 1 saturated carbocycles. The van der Waals surface area contributed by atoms with E-state index < -0.39 is 0 Å². The Morgan fingerprint density at radius 3 is 2.52 bits per heavy atom. The highest BCUT2D eigenvalue weighted by molar-refractivity contribution is 5.95. The average Bonchev–Trinajstić information content (AvgIpc) is 2.62. The number of nitrogens with zero attached hydrogens (tertiary/aromatic N) is 1. The summed E-state index contributed by atoms with van der Waals surface area (Å²) in [4.78, 5) is 14.5. The highest BCUT2D eigenvalue weighted by Crippen LogP contribution is 2.39. The second kappa shape index (κ2) is 7.90. The fraction of sp³-hybridized carbons (Fsp3) is 0.682. The van der Waals surface area contributed by atoms with Gasteiger partial charge in [-0.3, -0.25) is 4.79 Å². The SMILES string of the molecule is CCC(=O)N1c2ccccc2[C@H](N[C@H]2CC[C@H](C(C)C)CC2)CC1C. The van der Waals surface area contributed by atoms with Crippen LogP contribution in [0.25, 0.3) is 0 Å². The van der Waals surface area contributed by atoms with Gasteiger partial charge in [0.05, 0.1) is 0 Å². The maximum atomic E-state index is 12.4. The molecule has 1 N–H and O–H groups in total. The lowest BCUT2D eigenvalue weighted by molar-refractivity contribution is -0.118. The molecule has 1 heterocycles. The van der Waals surface area contributed by atoms with Crippen molar-refractivity contribution in [3.8, 4) is 0 Å². The topological polar surface area (TPSA) is 32.3 Å². The van der Waals surface area contributed by atoms with Gasteiger partial charge in [0.2, 0.25) is 5.91 Å². The van der Waals surface area contributed by atoms with Gasteiger partial charge in [0.25, 0.3) is 0 Å². The van der Waals surface area contributed by atoms with Gasteiger partial charge in [-0.05, 0) is 62.5 Å². The van der Waals surface area contributed by atoms with Gasteiger partial charge in [-0.2, -0.15) is 0 Å². The van der Waals surface area contributed by atoms with Crippen LogP contribution in [0.3, 0.4) is 0 Å². The van der Waals surface area contributed by atoms with Gasteiger partial charge in [0.1, 0.15) is 0 Å². The predicted molar refractivity (Wildman–Crippen MR) is 105 cm³/mol. The van der Waals surface area contributed by atoms with Crippen LogP contribution >= 0.6 is 0 Å². The first-order valence-corrected chi connectivity index (χ1v) is 10.2. The number of para-hydroxylation sites is 1. The van der Waals surface area contributed by atoms with Crippen molar-refractivity contribution in [2.45, 2.75) is 84.3 Å². The van der Waals surface area contributed by atoms with Crippen LogP contribution in [0.2, 0.25) is 0 Å². The second-order valence-corrected chi connectivity index (χ2v) is 8.34. The number of carbonyl (C=O) groups excluding carboxylic acids is 1. The van der Waals surface area contributed by atoms with Crippen LogP contribution in [-0.2, 0) is 4.79 Å². The van der Waals surface area contributed by atoms with Crippen LogP contribution < -0.4 is 10.2 Å². The molecule has 138 valence electrons. The molecule has 1 aromatic carbocycles. The third-order valence-electron chi connectivity index (χ3n) is 6.31. The van der Waals surface area contributed by atoms with E-state index in [0.29, 0.717) is 18.5 Å². The quantitative estimate of drug-likeness (QED) is 0.829. The Bertz CT molecular complexity index is 589. The van der Waals surface area contributed by atoms with E-state index in [1.54, 1.807) is 0 Å². The van der Waals surface area contributed by atoms with Crippen molar-refractivity contribution in [2.75, 3.05) is 4.90 Å². The minimum Gasteiger partial charge on any atom is -0.309 e. The fourth-order valence-corrected chi connectivity index (χ4v) is 4.76. The van der Waals surface area contributed by atoms with Crippen LogP contribution in [0.5, 0.6) is 0 Å². The number of hydrogen-bond acceptors (Lipinski definition) is 2. The van der Waals surface area contributed by atoms with Gasteiger partial charge in [0.15, 0.2) is 0 Å². The zero-order valence-electron chi connectivity index (χ0n) is 16.3. The number of carbonyl (C=O) groups is 1. The summed E-state index contributed by atoms with van der Waals surface area (Å²) in [7, 11) is 0. The van der Waals surface area contributed by atoms with E-state index >= 15 is 0 Å². The lowest BCUT2D eigenvalue weighted by Gasteiger charge is -2.42. The first-order valence-electron chi connectivity index (χ1n) is 10.2. The Kier molecular flexibility index (Phi) is 5.83. The van der Waals surface area contributed by atoms with Crippen LogP contribution in [0, 0.1) is 11.8 Å². The fourth-order valence-electron chi connectivity index (χ4n) is 4.76. The summed E-state index contributed by atoms with van der Waals surface area (Å²) in [6, 6.07) is 9.72. The van der Waals surface area contributed by atoms with Crippen molar-refractivity contribution in [3.05, 3.63) is 29.8 Å². The molecule has 3 rings (SSSR count). The smallest absolute Gasteiger partial charge is 0.226 e. The summed E-state index contributed by atoms with van der Waals surface area (Å²) in [5.41, 5.74) is 2.41. The van der Waals surface area contributed by atoms with Gasteiger partial charge < -0.3 is 10.2 Å². The summed E-state index contributed by atoms with van der Waals surface area (Å²) < 4.78 is 0. The van der Waals surface area contributed by atoms with Crippen molar-refractivity contribution in [1.29, 1.82) is 0 Å². The third-order valence-corrected chi connectivity index (χ3v) is 6.31. The molecule has 1 aliphatic carbocycles. The number of benzene rings is 1. The number of anilines is 1. The van der Waals surface area contributed by atoms with E-state index in [1.807, 2.05) is 11.8 Å². The van der Waals surface area contributed by atoms with Crippen molar-refractivity contribution in [3.63, 3.8) is 0 Å². The molecular weight excluding hydrogens is 308 g/mol. The summed E-state index contributed by atoms with van der Waals surface area (Å²) in [5.74, 6) is 1.94. The second-order valence-electron chi connectivity index (χ2n) is 8.34. The third kappa shape index (κ3) is 3.92. The largest absolute Gasteiger partial charge is 0.309 e. The van der Waals surface area contributed by atoms with Crippen molar-refractivity contribution in [2.24, 2.45) is 11.8 Å². The average molecular weight is 343 g/mol. The number of amides is 1. The zero-order chi connectivity index (χ0) is 18.0. The Balaban J connectivity index is 1.74. The monoisotopic (exact) mass is 342 g/mol. The van der Waals surface area contributed by atoms with E-state index in [-0.39, 0.29) is 11.9 Å².